The summed E-state index contributed by atoms with van der Waals surface area (Å²) in [6.45, 7) is 0. The fraction of sp³-hybridized carbons (Fsp3) is 0. The average Bonchev–Trinajstić information content (AvgIpc) is 3.41. The molecule has 0 amide bonds. The van der Waals surface area contributed by atoms with E-state index in [1.807, 2.05) is 84.9 Å². The van der Waals surface area contributed by atoms with Crippen molar-refractivity contribution in [3.05, 3.63) is 243 Å². The first kappa shape index (κ1) is 39.8. The van der Waals surface area contributed by atoms with E-state index in [1.54, 1.807) is 0 Å². The summed E-state index contributed by atoms with van der Waals surface area (Å²) in [5, 5.41) is 0. The third-order valence-electron chi connectivity index (χ3n) is 11.7. The largest absolute Gasteiger partial charge is 0.208 e. The van der Waals surface area contributed by atoms with Gasteiger partial charge in [-0.3, -0.25) is 0 Å². The molecule has 9 aromatic carbocycles. The van der Waals surface area contributed by atoms with Gasteiger partial charge in [0.2, 0.25) is 0 Å². The van der Waals surface area contributed by atoms with E-state index < -0.39 is 0 Å². The van der Waals surface area contributed by atoms with Gasteiger partial charge in [0.05, 0.1) is 0 Å². The number of aromatic nitrogens is 6. The summed E-state index contributed by atoms with van der Waals surface area (Å²) < 4.78 is 0. The van der Waals surface area contributed by atoms with Crippen LogP contribution in [0.25, 0.3) is 113 Å². The number of nitrogens with zero attached hydrogens (tertiary/aromatic N) is 6. The van der Waals surface area contributed by atoms with Gasteiger partial charge in [0.25, 0.3) is 0 Å². The highest BCUT2D eigenvalue weighted by atomic mass is 15.0. The molecule has 6 nitrogen and oxygen atoms in total. The van der Waals surface area contributed by atoms with Crippen LogP contribution in [0, 0.1) is 0 Å². The van der Waals surface area contributed by atoms with E-state index in [-0.39, 0.29) is 0 Å². The molecule has 0 bridgehead atoms. The minimum absolute atomic E-state index is 0.574. The van der Waals surface area contributed by atoms with Gasteiger partial charge in [-0.2, -0.15) is 0 Å². The van der Waals surface area contributed by atoms with Gasteiger partial charge in [-0.05, 0) is 44.5 Å². The van der Waals surface area contributed by atoms with Crippen LogP contribution in [0.1, 0.15) is 0 Å². The van der Waals surface area contributed by atoms with Gasteiger partial charge in [0.15, 0.2) is 34.9 Å². The maximum Gasteiger partial charge on any atom is 0.164 e. The lowest BCUT2D eigenvalue weighted by Crippen LogP contribution is -2.02. The number of rotatable bonds is 10. The summed E-state index contributed by atoms with van der Waals surface area (Å²) >= 11 is 0. The summed E-state index contributed by atoms with van der Waals surface area (Å²) in [7, 11) is 0. The van der Waals surface area contributed by atoms with E-state index in [1.165, 1.54) is 0 Å². The first-order valence-electron chi connectivity index (χ1n) is 22.0. The van der Waals surface area contributed by atoms with Crippen molar-refractivity contribution < 1.29 is 0 Å². The van der Waals surface area contributed by atoms with Gasteiger partial charge >= 0.3 is 0 Å². The lowest BCUT2D eigenvalue weighted by atomic mass is 9.89. The van der Waals surface area contributed by atoms with Crippen molar-refractivity contribution in [3.8, 4) is 113 Å². The highest BCUT2D eigenvalue weighted by Gasteiger charge is 2.21. The van der Waals surface area contributed by atoms with Gasteiger partial charge in [0, 0.05) is 33.4 Å². The Kier molecular flexibility index (Phi) is 10.9. The van der Waals surface area contributed by atoms with Crippen LogP contribution in [0.5, 0.6) is 0 Å². The Hall–Kier alpha value is -9.00. The molecule has 11 aromatic rings. The van der Waals surface area contributed by atoms with Crippen molar-refractivity contribution in [3.63, 3.8) is 0 Å². The number of hydrogen-bond donors (Lipinski definition) is 0. The van der Waals surface area contributed by atoms with Crippen molar-refractivity contribution >= 4 is 0 Å². The summed E-state index contributed by atoms with van der Waals surface area (Å²) in [5.41, 5.74) is 14.0. The molecule has 11 rings (SSSR count). The second-order valence-corrected chi connectivity index (χ2v) is 15.9. The van der Waals surface area contributed by atoms with Crippen LogP contribution in [-0.4, -0.2) is 29.9 Å². The van der Waals surface area contributed by atoms with E-state index in [9.17, 15) is 0 Å². The third kappa shape index (κ3) is 8.18. The molecule has 0 unspecified atom stereocenters. The van der Waals surface area contributed by atoms with Crippen LogP contribution >= 0.6 is 0 Å². The topological polar surface area (TPSA) is 77.3 Å². The molecular formula is C60H40N6. The molecule has 0 saturated carbocycles. The van der Waals surface area contributed by atoms with E-state index in [4.69, 9.17) is 29.9 Å². The SMILES string of the molecule is c1ccc(-c2ccc(-c3nc(-c4ccc(-c5ccccc5)cc4)nc(-c4ccccc4-c4ccccc4-c4ccccc4-c4nc(-c5ccccc5)nc(-c5ccccc5)n4)n3)cc2)cc1. The summed E-state index contributed by atoms with van der Waals surface area (Å²) in [6.07, 6.45) is 0. The second kappa shape index (κ2) is 18.0. The Bertz CT molecular complexity index is 3270. The van der Waals surface area contributed by atoms with Crippen molar-refractivity contribution in [2.24, 2.45) is 0 Å². The zero-order valence-electron chi connectivity index (χ0n) is 35.8. The predicted octanol–water partition coefficient (Wildman–Crippen LogP) is 14.7. The molecule has 0 aliphatic heterocycles. The molecule has 66 heavy (non-hydrogen) atoms. The molecule has 6 heteroatoms. The Labute approximate surface area is 383 Å². The fourth-order valence-corrected chi connectivity index (χ4v) is 8.35. The maximum absolute atomic E-state index is 5.25. The molecule has 0 N–H and O–H groups in total. The molecule has 0 atom stereocenters. The molecule has 0 aliphatic carbocycles. The zero-order chi connectivity index (χ0) is 44.1. The molecule has 2 heterocycles. The van der Waals surface area contributed by atoms with Crippen LogP contribution in [0.3, 0.4) is 0 Å². The van der Waals surface area contributed by atoms with Crippen LogP contribution in [0.4, 0.5) is 0 Å². The highest BCUT2D eigenvalue weighted by molar-refractivity contribution is 5.94. The quantitative estimate of drug-likeness (QED) is 0.136. The van der Waals surface area contributed by atoms with Gasteiger partial charge < -0.3 is 0 Å². The van der Waals surface area contributed by atoms with Crippen molar-refractivity contribution in [2.45, 2.75) is 0 Å². The number of hydrogen-bond acceptors (Lipinski definition) is 6. The Morgan fingerprint density at radius 2 is 0.318 bits per heavy atom. The normalized spacial score (nSPS) is 11.0. The fourth-order valence-electron chi connectivity index (χ4n) is 8.35. The predicted molar refractivity (Wildman–Crippen MR) is 268 cm³/mol. The van der Waals surface area contributed by atoms with Crippen LogP contribution < -0.4 is 0 Å². The Morgan fingerprint density at radius 3 is 0.621 bits per heavy atom. The number of benzene rings is 9. The van der Waals surface area contributed by atoms with E-state index in [0.717, 1.165) is 77.9 Å². The Balaban J connectivity index is 1.05. The molecular weight excluding hydrogens is 805 g/mol. The second-order valence-electron chi connectivity index (χ2n) is 15.9. The molecule has 310 valence electrons. The van der Waals surface area contributed by atoms with E-state index >= 15 is 0 Å². The molecule has 0 aliphatic rings. The van der Waals surface area contributed by atoms with Gasteiger partial charge in [-0.1, -0.05) is 243 Å². The first-order valence-corrected chi connectivity index (χ1v) is 22.0. The Morgan fingerprint density at radius 1 is 0.136 bits per heavy atom. The molecule has 0 spiro atoms. The van der Waals surface area contributed by atoms with Crippen LogP contribution in [0.2, 0.25) is 0 Å². The lowest BCUT2D eigenvalue weighted by Gasteiger charge is -2.17. The minimum Gasteiger partial charge on any atom is -0.208 e. The molecule has 0 saturated heterocycles. The van der Waals surface area contributed by atoms with E-state index in [0.29, 0.717) is 34.9 Å². The average molecular weight is 845 g/mol. The van der Waals surface area contributed by atoms with Gasteiger partial charge in [-0.15, -0.1) is 0 Å². The zero-order valence-corrected chi connectivity index (χ0v) is 35.8. The molecule has 0 fully saturated rings. The van der Waals surface area contributed by atoms with Crippen molar-refractivity contribution in [1.29, 1.82) is 0 Å². The van der Waals surface area contributed by atoms with Crippen LogP contribution in [-0.2, 0) is 0 Å². The third-order valence-corrected chi connectivity index (χ3v) is 11.7. The van der Waals surface area contributed by atoms with Gasteiger partial charge in [-0.25, -0.2) is 29.9 Å². The first-order chi connectivity index (χ1) is 32.7. The standard InChI is InChI=1S/C60H40N6/c1-5-19-41(20-6-1)43-33-37-47(38-34-43)57-62-58(48-39-35-44(36-40-48)42-21-7-2-8-22-42)66-60(65-57)54-32-18-16-30-52(54)50-28-14-13-27-49(50)51-29-15-17-31-53(51)59-63-55(45-23-9-3-10-24-45)61-56(64-59)46-25-11-4-12-26-46/h1-40H. The monoisotopic (exact) mass is 844 g/mol. The lowest BCUT2D eigenvalue weighted by molar-refractivity contribution is 1.07. The van der Waals surface area contributed by atoms with Crippen LogP contribution in [0.15, 0.2) is 243 Å². The summed E-state index contributed by atoms with van der Waals surface area (Å²) in [5.74, 6) is 3.56. The van der Waals surface area contributed by atoms with Gasteiger partial charge in [0.1, 0.15) is 0 Å². The molecule has 0 radical (unpaired) electrons. The van der Waals surface area contributed by atoms with Crippen molar-refractivity contribution in [1.82, 2.24) is 29.9 Å². The minimum atomic E-state index is 0.574. The van der Waals surface area contributed by atoms with E-state index in [2.05, 4.69) is 158 Å². The molecule has 2 aromatic heterocycles. The maximum atomic E-state index is 5.25. The summed E-state index contributed by atoms with van der Waals surface area (Å²) in [4.78, 5) is 30.8. The summed E-state index contributed by atoms with van der Waals surface area (Å²) in [6, 6.07) is 83.0. The van der Waals surface area contributed by atoms with Crippen molar-refractivity contribution in [2.75, 3.05) is 0 Å². The smallest absolute Gasteiger partial charge is 0.164 e. The highest BCUT2D eigenvalue weighted by Crippen LogP contribution is 2.41.